The van der Waals surface area contributed by atoms with Gasteiger partial charge in [0.15, 0.2) is 16.3 Å². The number of aromatic nitrogens is 1. The van der Waals surface area contributed by atoms with Gasteiger partial charge in [0.2, 0.25) is 0 Å². The highest BCUT2D eigenvalue weighted by molar-refractivity contribution is 7.93. The number of thiocarbonyl (C=S) groups is 1. The number of halogens is 2. The van der Waals surface area contributed by atoms with Crippen LogP contribution in [-0.2, 0) is 14.8 Å². The lowest BCUT2D eigenvalue weighted by Gasteiger charge is -2.16. The molecule has 1 atom stereocenters. The lowest BCUT2D eigenvalue weighted by molar-refractivity contribution is -0.125. The van der Waals surface area contributed by atoms with Gasteiger partial charge < -0.3 is 10.1 Å². The maximum absolute atomic E-state index is 12.4. The maximum atomic E-state index is 12.4. The van der Waals surface area contributed by atoms with Crippen molar-refractivity contribution in [1.29, 1.82) is 0 Å². The van der Waals surface area contributed by atoms with Gasteiger partial charge in [-0.1, -0.05) is 23.2 Å². The number of nitrogens with zero attached hydrogens (tertiary/aromatic N) is 1. The molecule has 1 aromatic heterocycles. The summed E-state index contributed by atoms with van der Waals surface area (Å²) in [6.45, 7) is 1.54. The smallest absolute Gasteiger partial charge is 0.266 e. The van der Waals surface area contributed by atoms with Crippen LogP contribution in [0.15, 0.2) is 58.9 Å². The molecule has 0 spiro atoms. The molecule has 3 rings (SSSR count). The number of ether oxygens (including phenoxy) is 1. The van der Waals surface area contributed by atoms with Crippen molar-refractivity contribution in [3.05, 3.63) is 64.1 Å². The van der Waals surface area contributed by atoms with Gasteiger partial charge in [-0.25, -0.2) is 13.4 Å². The molecule has 168 valence electrons. The second-order valence-corrected chi connectivity index (χ2v) is 10.1. The number of anilines is 2. The van der Waals surface area contributed by atoms with E-state index in [-0.39, 0.29) is 20.2 Å². The third kappa shape index (κ3) is 6.53. The molecule has 3 aromatic rings. The van der Waals surface area contributed by atoms with Gasteiger partial charge >= 0.3 is 0 Å². The van der Waals surface area contributed by atoms with Crippen molar-refractivity contribution in [2.24, 2.45) is 0 Å². The Balaban J connectivity index is 1.55. The van der Waals surface area contributed by atoms with Crippen LogP contribution in [0, 0.1) is 0 Å². The molecule has 0 radical (unpaired) electrons. The Bertz CT molecular complexity index is 1220. The number of benzene rings is 2. The molecule has 0 bridgehead atoms. The molecule has 1 unspecified atom stereocenters. The van der Waals surface area contributed by atoms with Crippen LogP contribution in [0.1, 0.15) is 6.92 Å². The van der Waals surface area contributed by atoms with Crippen molar-refractivity contribution in [2.75, 3.05) is 10.0 Å². The first-order valence-corrected chi connectivity index (χ1v) is 12.4. The van der Waals surface area contributed by atoms with Crippen LogP contribution in [0.5, 0.6) is 5.75 Å². The highest BCUT2D eigenvalue weighted by Crippen LogP contribution is 2.28. The Kier molecular flexibility index (Phi) is 7.91. The number of sulfonamides is 1. The fourth-order valence-electron chi connectivity index (χ4n) is 2.36. The Morgan fingerprint density at radius 2 is 1.91 bits per heavy atom. The normalized spacial score (nSPS) is 12.0. The SMILES string of the molecule is CC(Oc1ccc(Cl)cc1Cl)C(=O)NC(=S)Nc1ccc(S(=O)(=O)Nc2nccs2)cc1. The van der Waals surface area contributed by atoms with Gasteiger partial charge in [-0.2, -0.15) is 0 Å². The fraction of sp³-hybridized carbons (Fsp3) is 0.105. The largest absolute Gasteiger partial charge is 0.479 e. The minimum absolute atomic E-state index is 0.0178. The summed E-state index contributed by atoms with van der Waals surface area (Å²) in [6, 6.07) is 10.5. The zero-order chi connectivity index (χ0) is 23.3. The second-order valence-electron chi connectivity index (χ2n) is 6.25. The minimum Gasteiger partial charge on any atom is -0.479 e. The van der Waals surface area contributed by atoms with Crippen LogP contribution in [0.4, 0.5) is 10.8 Å². The Morgan fingerprint density at radius 3 is 2.53 bits per heavy atom. The fourth-order valence-corrected chi connectivity index (χ4v) is 4.82. The van der Waals surface area contributed by atoms with E-state index in [1.807, 2.05) is 0 Å². The maximum Gasteiger partial charge on any atom is 0.266 e. The summed E-state index contributed by atoms with van der Waals surface area (Å²) in [5.74, 6) is -0.193. The first-order chi connectivity index (χ1) is 15.1. The summed E-state index contributed by atoms with van der Waals surface area (Å²) in [5, 5.41) is 7.99. The minimum atomic E-state index is -3.76. The molecular formula is C19H16Cl2N4O4S3. The van der Waals surface area contributed by atoms with Crippen LogP contribution in [0.2, 0.25) is 10.0 Å². The molecule has 0 saturated carbocycles. The molecule has 0 fully saturated rings. The van der Waals surface area contributed by atoms with E-state index in [0.717, 1.165) is 0 Å². The zero-order valence-electron chi connectivity index (χ0n) is 16.3. The quantitative estimate of drug-likeness (QED) is 0.385. The van der Waals surface area contributed by atoms with Crippen LogP contribution in [0.3, 0.4) is 0 Å². The molecule has 0 aliphatic carbocycles. The lowest BCUT2D eigenvalue weighted by atomic mass is 10.3. The second kappa shape index (κ2) is 10.5. The number of thiazole rings is 1. The Hall–Kier alpha value is -2.44. The lowest BCUT2D eigenvalue weighted by Crippen LogP contribution is -2.42. The molecule has 0 aliphatic heterocycles. The molecule has 1 heterocycles. The summed E-state index contributed by atoms with van der Waals surface area (Å²) < 4.78 is 32.7. The van der Waals surface area contributed by atoms with E-state index in [9.17, 15) is 13.2 Å². The van der Waals surface area contributed by atoms with E-state index in [2.05, 4.69) is 20.3 Å². The van der Waals surface area contributed by atoms with Crippen molar-refractivity contribution in [3.63, 3.8) is 0 Å². The van der Waals surface area contributed by atoms with Gasteiger partial charge in [0.1, 0.15) is 5.75 Å². The van der Waals surface area contributed by atoms with E-state index in [1.54, 1.807) is 17.5 Å². The van der Waals surface area contributed by atoms with E-state index >= 15 is 0 Å². The number of hydrogen-bond donors (Lipinski definition) is 3. The number of carbonyl (C=O) groups is 1. The predicted octanol–water partition coefficient (Wildman–Crippen LogP) is 4.53. The molecule has 32 heavy (non-hydrogen) atoms. The molecule has 0 saturated heterocycles. The highest BCUT2D eigenvalue weighted by Gasteiger charge is 2.18. The van der Waals surface area contributed by atoms with Crippen LogP contribution >= 0.6 is 46.8 Å². The standard InChI is InChI=1S/C19H16Cl2N4O4S3/c1-11(29-16-7-2-12(20)10-15(16)21)17(26)24-18(30)23-13-3-5-14(6-4-13)32(27,28)25-19-22-8-9-31-19/h2-11H,1H3,(H,22,25)(H2,23,24,26,30). The van der Waals surface area contributed by atoms with Crippen molar-refractivity contribution in [2.45, 2.75) is 17.9 Å². The predicted molar refractivity (Wildman–Crippen MR) is 130 cm³/mol. The van der Waals surface area contributed by atoms with Crippen LogP contribution in [-0.4, -0.2) is 30.5 Å². The topological polar surface area (TPSA) is 109 Å². The van der Waals surface area contributed by atoms with Crippen molar-refractivity contribution >= 4 is 78.6 Å². The molecule has 13 heteroatoms. The molecule has 1 amide bonds. The number of carbonyl (C=O) groups excluding carboxylic acids is 1. The monoisotopic (exact) mass is 530 g/mol. The summed E-state index contributed by atoms with van der Waals surface area (Å²) in [4.78, 5) is 16.3. The average molecular weight is 531 g/mol. The van der Waals surface area contributed by atoms with Crippen molar-refractivity contribution in [3.8, 4) is 5.75 Å². The first kappa shape index (κ1) is 24.2. The van der Waals surface area contributed by atoms with E-state index in [1.165, 1.54) is 54.8 Å². The van der Waals surface area contributed by atoms with Gasteiger partial charge in [-0.3, -0.25) is 14.8 Å². The van der Waals surface area contributed by atoms with Crippen LogP contribution in [0.25, 0.3) is 0 Å². The van der Waals surface area contributed by atoms with Crippen molar-refractivity contribution < 1.29 is 17.9 Å². The highest BCUT2D eigenvalue weighted by atomic mass is 35.5. The molecule has 0 aliphatic rings. The third-order valence-electron chi connectivity index (χ3n) is 3.88. The van der Waals surface area contributed by atoms with Gasteiger partial charge in [0.25, 0.3) is 15.9 Å². The summed E-state index contributed by atoms with van der Waals surface area (Å²) in [6.07, 6.45) is 0.610. The number of nitrogens with one attached hydrogen (secondary N) is 3. The molecule has 3 N–H and O–H groups in total. The van der Waals surface area contributed by atoms with E-state index in [4.69, 9.17) is 40.2 Å². The van der Waals surface area contributed by atoms with Gasteiger partial charge in [0, 0.05) is 22.3 Å². The summed E-state index contributed by atoms with van der Waals surface area (Å²) in [5.41, 5.74) is 0.484. The molecule has 8 nitrogen and oxygen atoms in total. The zero-order valence-corrected chi connectivity index (χ0v) is 20.3. The number of rotatable bonds is 7. The Labute approximate surface area is 204 Å². The first-order valence-electron chi connectivity index (χ1n) is 8.90. The Morgan fingerprint density at radius 1 is 1.19 bits per heavy atom. The van der Waals surface area contributed by atoms with E-state index < -0.39 is 22.0 Å². The van der Waals surface area contributed by atoms with Crippen LogP contribution < -0.4 is 20.1 Å². The number of amides is 1. The van der Waals surface area contributed by atoms with Crippen molar-refractivity contribution in [1.82, 2.24) is 10.3 Å². The molecule has 2 aromatic carbocycles. The van der Waals surface area contributed by atoms with Gasteiger partial charge in [-0.15, -0.1) is 11.3 Å². The average Bonchev–Trinajstić information content (AvgIpc) is 3.22. The van der Waals surface area contributed by atoms with Gasteiger partial charge in [0.05, 0.1) is 9.92 Å². The molecular weight excluding hydrogens is 515 g/mol. The van der Waals surface area contributed by atoms with E-state index in [0.29, 0.717) is 16.5 Å². The number of hydrogen-bond acceptors (Lipinski definition) is 7. The summed E-state index contributed by atoms with van der Waals surface area (Å²) in [7, 11) is -3.76. The third-order valence-corrected chi connectivity index (χ3v) is 6.79. The van der Waals surface area contributed by atoms with Gasteiger partial charge in [-0.05, 0) is 61.6 Å². The summed E-state index contributed by atoms with van der Waals surface area (Å²) >= 11 is 18.2.